The molecule has 0 saturated carbocycles. The molecule has 0 spiro atoms. The van der Waals surface area contributed by atoms with Crippen LogP contribution in [0, 0.1) is 25.2 Å². The van der Waals surface area contributed by atoms with E-state index in [0.717, 1.165) is 28.2 Å². The summed E-state index contributed by atoms with van der Waals surface area (Å²) in [5.41, 5.74) is 9.52. The first kappa shape index (κ1) is 22.4. The molecule has 2 aromatic carbocycles. The van der Waals surface area contributed by atoms with Crippen molar-refractivity contribution in [2.24, 2.45) is 4.99 Å². The van der Waals surface area contributed by atoms with E-state index in [9.17, 15) is 0 Å². The van der Waals surface area contributed by atoms with Crippen molar-refractivity contribution in [2.75, 3.05) is 5.32 Å². The van der Waals surface area contributed by atoms with Crippen LogP contribution in [-0.4, -0.2) is 5.71 Å². The molecule has 0 aliphatic rings. The topological polar surface area (TPSA) is 48.2 Å². The van der Waals surface area contributed by atoms with Crippen LogP contribution < -0.4 is 5.32 Å². The van der Waals surface area contributed by atoms with Crippen molar-refractivity contribution in [3.8, 4) is 6.07 Å². The number of anilines is 1. The van der Waals surface area contributed by atoms with E-state index in [2.05, 4.69) is 70.3 Å². The van der Waals surface area contributed by atoms with Crippen LogP contribution in [0.2, 0.25) is 0 Å². The zero-order chi connectivity index (χ0) is 21.7. The van der Waals surface area contributed by atoms with Crippen LogP contribution in [0.25, 0.3) is 0 Å². The summed E-state index contributed by atoms with van der Waals surface area (Å²) in [5.74, 6) is 0.894. The molecule has 0 saturated heterocycles. The maximum atomic E-state index is 9.14. The average molecular weight is 388 g/mol. The van der Waals surface area contributed by atoms with Gasteiger partial charge in [0.15, 0.2) is 0 Å². The predicted octanol–water partition coefficient (Wildman–Crippen LogP) is 7.53. The third kappa shape index (κ3) is 5.57. The number of aliphatic imine (C=N–C) groups is 1. The maximum Gasteiger partial charge on any atom is 0.0991 e. The van der Waals surface area contributed by atoms with Crippen LogP contribution in [0.5, 0.6) is 0 Å². The first-order valence-corrected chi connectivity index (χ1v) is 10.3. The Morgan fingerprint density at radius 1 is 1.00 bits per heavy atom. The molecule has 0 amide bonds. The molecule has 0 fully saturated rings. The molecule has 0 unspecified atom stereocenters. The Balaban J connectivity index is 2.38. The summed E-state index contributed by atoms with van der Waals surface area (Å²) >= 11 is 0. The predicted molar refractivity (Wildman–Crippen MR) is 125 cm³/mol. The number of nitrogens with zero attached hydrogens (tertiary/aromatic N) is 2. The van der Waals surface area contributed by atoms with E-state index in [-0.39, 0.29) is 0 Å². The minimum atomic E-state index is 0.447. The number of rotatable bonds is 6. The fourth-order valence-electron chi connectivity index (χ4n) is 3.65. The first-order valence-electron chi connectivity index (χ1n) is 10.3. The molecule has 0 aliphatic carbocycles. The standard InChI is InChI=1S/C26H33N3/c1-16(2)23-10-9-11-24(17(3)4)26(23)29-21(8)14-20(7)28-25-18(5)12-22(15-27)13-19(25)6/h9-14,16-17,29H,1-8H3/b21-14-,28-20?. The van der Waals surface area contributed by atoms with Crippen molar-refractivity contribution < 1.29 is 0 Å². The zero-order valence-electron chi connectivity index (χ0n) is 19.0. The van der Waals surface area contributed by atoms with Gasteiger partial charge in [-0.1, -0.05) is 45.9 Å². The van der Waals surface area contributed by atoms with Gasteiger partial charge in [-0.3, -0.25) is 4.99 Å². The molecule has 3 heteroatoms. The lowest BCUT2D eigenvalue weighted by Gasteiger charge is -2.21. The molecule has 3 nitrogen and oxygen atoms in total. The van der Waals surface area contributed by atoms with E-state index >= 15 is 0 Å². The van der Waals surface area contributed by atoms with Crippen molar-refractivity contribution in [1.29, 1.82) is 5.26 Å². The number of benzene rings is 2. The second-order valence-electron chi connectivity index (χ2n) is 8.40. The molecule has 0 aromatic heterocycles. The fraction of sp³-hybridized carbons (Fsp3) is 0.385. The Kier molecular flexibility index (Phi) is 7.40. The van der Waals surface area contributed by atoms with Gasteiger partial charge >= 0.3 is 0 Å². The summed E-state index contributed by atoms with van der Waals surface area (Å²) in [6.45, 7) is 17.0. The third-order valence-electron chi connectivity index (χ3n) is 5.03. The van der Waals surface area contributed by atoms with Gasteiger partial charge in [0.25, 0.3) is 0 Å². The Bertz CT molecular complexity index is 936. The minimum Gasteiger partial charge on any atom is -0.359 e. The maximum absolute atomic E-state index is 9.14. The molecule has 0 bridgehead atoms. The van der Waals surface area contributed by atoms with Gasteiger partial charge in [-0.05, 0) is 80.0 Å². The van der Waals surface area contributed by atoms with Crippen molar-refractivity contribution in [1.82, 2.24) is 0 Å². The summed E-state index contributed by atoms with van der Waals surface area (Å²) in [5, 5.41) is 12.8. The highest BCUT2D eigenvalue weighted by Gasteiger charge is 2.13. The smallest absolute Gasteiger partial charge is 0.0991 e. The van der Waals surface area contributed by atoms with Gasteiger partial charge in [0.05, 0.1) is 17.3 Å². The van der Waals surface area contributed by atoms with Crippen molar-refractivity contribution in [3.63, 3.8) is 0 Å². The van der Waals surface area contributed by atoms with Crippen LogP contribution in [0.1, 0.15) is 81.2 Å². The van der Waals surface area contributed by atoms with Crippen LogP contribution in [0.4, 0.5) is 11.4 Å². The SMILES string of the molecule is CC(/C=C(/C)Nc1c(C(C)C)cccc1C(C)C)=Nc1c(C)cc(C#N)cc1C. The molecule has 0 aliphatic heterocycles. The highest BCUT2D eigenvalue weighted by atomic mass is 14.9. The summed E-state index contributed by atoms with van der Waals surface area (Å²) in [6.07, 6.45) is 2.08. The van der Waals surface area contributed by atoms with Gasteiger partial charge in [0.1, 0.15) is 0 Å². The van der Waals surface area contributed by atoms with Gasteiger partial charge < -0.3 is 5.32 Å². The minimum absolute atomic E-state index is 0.447. The van der Waals surface area contributed by atoms with Crippen LogP contribution in [0.15, 0.2) is 47.1 Å². The van der Waals surface area contributed by atoms with E-state index in [4.69, 9.17) is 10.3 Å². The lowest BCUT2D eigenvalue weighted by Crippen LogP contribution is -2.07. The quantitative estimate of drug-likeness (QED) is 0.521. The van der Waals surface area contributed by atoms with E-state index in [1.54, 1.807) is 0 Å². The van der Waals surface area contributed by atoms with Crippen molar-refractivity contribution >= 4 is 17.1 Å². The largest absolute Gasteiger partial charge is 0.359 e. The number of para-hydroxylation sites is 1. The number of nitrogens with one attached hydrogen (secondary N) is 1. The molecule has 0 atom stereocenters. The molecule has 29 heavy (non-hydrogen) atoms. The Morgan fingerprint density at radius 3 is 1.97 bits per heavy atom. The Labute approximate surface area is 176 Å². The molecule has 152 valence electrons. The number of hydrogen-bond acceptors (Lipinski definition) is 3. The fourth-order valence-corrected chi connectivity index (χ4v) is 3.65. The molecular weight excluding hydrogens is 354 g/mol. The Morgan fingerprint density at radius 2 is 1.52 bits per heavy atom. The summed E-state index contributed by atoms with van der Waals surface area (Å²) in [6, 6.07) is 12.5. The van der Waals surface area contributed by atoms with E-state index in [0.29, 0.717) is 17.4 Å². The molecule has 2 rings (SSSR count). The van der Waals surface area contributed by atoms with E-state index < -0.39 is 0 Å². The van der Waals surface area contributed by atoms with Crippen LogP contribution in [0.3, 0.4) is 0 Å². The van der Waals surface area contributed by atoms with Crippen molar-refractivity contribution in [3.05, 3.63) is 69.9 Å². The van der Waals surface area contributed by atoms with Gasteiger partial charge in [-0.25, -0.2) is 0 Å². The summed E-state index contributed by atoms with van der Waals surface area (Å²) < 4.78 is 0. The number of hydrogen-bond donors (Lipinski definition) is 1. The van der Waals surface area contributed by atoms with Crippen molar-refractivity contribution in [2.45, 2.75) is 67.2 Å². The van der Waals surface area contributed by atoms with Gasteiger partial charge in [-0.15, -0.1) is 0 Å². The monoisotopic (exact) mass is 387 g/mol. The number of allylic oxidation sites excluding steroid dienone is 2. The summed E-state index contributed by atoms with van der Waals surface area (Å²) in [4.78, 5) is 4.82. The van der Waals surface area contributed by atoms with Gasteiger partial charge in [0, 0.05) is 17.1 Å². The summed E-state index contributed by atoms with van der Waals surface area (Å²) in [7, 11) is 0. The normalized spacial score (nSPS) is 12.4. The second kappa shape index (κ2) is 9.56. The highest BCUT2D eigenvalue weighted by Crippen LogP contribution is 2.33. The zero-order valence-corrected chi connectivity index (χ0v) is 19.0. The molecular formula is C26H33N3. The van der Waals surface area contributed by atoms with Crippen LogP contribution in [-0.2, 0) is 0 Å². The molecule has 0 heterocycles. The van der Waals surface area contributed by atoms with Gasteiger partial charge in [-0.2, -0.15) is 5.26 Å². The van der Waals surface area contributed by atoms with E-state index in [1.165, 1.54) is 16.8 Å². The van der Waals surface area contributed by atoms with E-state index in [1.807, 2.05) is 32.9 Å². The lowest BCUT2D eigenvalue weighted by molar-refractivity contribution is 0.837. The molecule has 1 N–H and O–H groups in total. The third-order valence-corrected chi connectivity index (χ3v) is 5.03. The number of nitriles is 1. The lowest BCUT2D eigenvalue weighted by atomic mass is 9.92. The molecule has 2 aromatic rings. The van der Waals surface area contributed by atoms with Crippen LogP contribution >= 0.6 is 0 Å². The highest BCUT2D eigenvalue weighted by molar-refractivity contribution is 5.96. The Hall–Kier alpha value is -2.86. The first-order chi connectivity index (χ1) is 13.6. The second-order valence-corrected chi connectivity index (χ2v) is 8.40. The molecule has 0 radical (unpaired) electrons. The number of aryl methyl sites for hydroxylation is 2. The average Bonchev–Trinajstić information content (AvgIpc) is 2.64. The van der Waals surface area contributed by atoms with Gasteiger partial charge in [0.2, 0.25) is 0 Å².